The second-order valence-corrected chi connectivity index (χ2v) is 11.2. The van der Waals surface area contributed by atoms with Crippen LogP contribution in [0.3, 0.4) is 0 Å². The Balaban J connectivity index is 1.94. The van der Waals surface area contributed by atoms with Gasteiger partial charge in [0.2, 0.25) is 26.0 Å². The lowest BCUT2D eigenvalue weighted by Gasteiger charge is -2.19. The van der Waals surface area contributed by atoms with Gasteiger partial charge in [0.15, 0.2) is 0 Å². The molecule has 10 heteroatoms. The van der Waals surface area contributed by atoms with E-state index in [0.717, 1.165) is 20.4 Å². The Morgan fingerprint density at radius 1 is 0.900 bits per heavy atom. The highest BCUT2D eigenvalue weighted by atomic mass is 32.2. The highest BCUT2D eigenvalue weighted by molar-refractivity contribution is 7.89. The minimum absolute atomic E-state index is 0.159. The number of nitrogens with zero attached hydrogens (tertiary/aromatic N) is 2. The number of rotatable bonds is 10. The van der Waals surface area contributed by atoms with Gasteiger partial charge < -0.3 is 5.32 Å². The van der Waals surface area contributed by atoms with Crippen LogP contribution in [0.1, 0.15) is 11.1 Å². The van der Waals surface area contributed by atoms with Gasteiger partial charge in [0.05, 0.1) is 17.7 Å². The topological polar surface area (TPSA) is 104 Å². The number of hydrogen-bond donors (Lipinski definition) is 1. The summed E-state index contributed by atoms with van der Waals surface area (Å²) >= 11 is 0. The van der Waals surface area contributed by atoms with E-state index in [4.69, 9.17) is 0 Å². The molecular formula is C20H27N3O5S2. The van der Waals surface area contributed by atoms with Crippen molar-refractivity contribution in [2.75, 3.05) is 33.4 Å². The van der Waals surface area contributed by atoms with Crippen LogP contribution in [0.5, 0.6) is 0 Å². The molecule has 0 aliphatic heterocycles. The predicted molar refractivity (Wildman–Crippen MR) is 116 cm³/mol. The zero-order chi connectivity index (χ0) is 22.4. The molecule has 164 valence electrons. The molecule has 0 spiro atoms. The molecule has 0 saturated heterocycles. The first-order chi connectivity index (χ1) is 14.0. The Hall–Kier alpha value is -2.27. The molecule has 2 aromatic rings. The fourth-order valence-corrected chi connectivity index (χ4v) is 4.34. The fourth-order valence-electron chi connectivity index (χ4n) is 2.67. The molecule has 0 saturated carbocycles. The van der Waals surface area contributed by atoms with E-state index in [9.17, 15) is 21.6 Å². The second-order valence-electron chi connectivity index (χ2n) is 7.04. The number of nitrogens with one attached hydrogen (secondary N) is 1. The summed E-state index contributed by atoms with van der Waals surface area (Å²) in [6.45, 7) is 0.0868. The summed E-state index contributed by atoms with van der Waals surface area (Å²) in [7, 11) is -4.15. The fraction of sp³-hybridized carbons (Fsp3) is 0.350. The zero-order valence-electron chi connectivity index (χ0n) is 17.3. The molecule has 0 bridgehead atoms. The van der Waals surface area contributed by atoms with Crippen LogP contribution in [0.25, 0.3) is 0 Å². The summed E-state index contributed by atoms with van der Waals surface area (Å²) in [5.74, 6) is -0.432. The normalized spacial score (nSPS) is 12.3. The summed E-state index contributed by atoms with van der Waals surface area (Å²) in [6.07, 6.45) is 1.58. The van der Waals surface area contributed by atoms with Crippen molar-refractivity contribution in [1.29, 1.82) is 0 Å². The van der Waals surface area contributed by atoms with Crippen LogP contribution in [0, 0.1) is 0 Å². The van der Waals surface area contributed by atoms with E-state index in [0.29, 0.717) is 12.0 Å². The smallest absolute Gasteiger partial charge is 0.242 e. The van der Waals surface area contributed by atoms with Gasteiger partial charge in [-0.1, -0.05) is 42.5 Å². The zero-order valence-corrected chi connectivity index (χ0v) is 18.9. The molecule has 2 aromatic carbocycles. The lowest BCUT2D eigenvalue weighted by molar-refractivity contribution is -0.121. The third-order valence-electron chi connectivity index (χ3n) is 4.47. The molecule has 30 heavy (non-hydrogen) atoms. The Kier molecular flexibility index (Phi) is 8.13. The summed E-state index contributed by atoms with van der Waals surface area (Å²) in [4.78, 5) is 12.4. The number of carbonyl (C=O) groups is 1. The molecule has 0 aromatic heterocycles. The van der Waals surface area contributed by atoms with Gasteiger partial charge in [0.25, 0.3) is 0 Å². The SMILES string of the molecule is CN(C)S(=O)(=O)c1ccc(CNC(=O)CN(CCc2ccccc2)S(C)(=O)=O)cc1. The second kappa shape index (κ2) is 10.2. The largest absolute Gasteiger partial charge is 0.351 e. The van der Waals surface area contributed by atoms with Crippen molar-refractivity contribution >= 4 is 26.0 Å². The molecule has 0 radical (unpaired) electrons. The van der Waals surface area contributed by atoms with Crippen LogP contribution in [0.15, 0.2) is 59.5 Å². The molecule has 0 atom stereocenters. The maximum absolute atomic E-state index is 12.3. The number of sulfonamides is 2. The van der Waals surface area contributed by atoms with Crippen LogP contribution < -0.4 is 5.32 Å². The van der Waals surface area contributed by atoms with Crippen molar-refractivity contribution in [2.24, 2.45) is 0 Å². The van der Waals surface area contributed by atoms with E-state index in [2.05, 4.69) is 5.32 Å². The highest BCUT2D eigenvalue weighted by Crippen LogP contribution is 2.14. The lowest BCUT2D eigenvalue weighted by atomic mass is 10.1. The first-order valence-corrected chi connectivity index (χ1v) is 12.6. The average Bonchev–Trinajstić information content (AvgIpc) is 2.69. The van der Waals surface area contributed by atoms with Crippen LogP contribution in [0.4, 0.5) is 0 Å². The quantitative estimate of drug-likeness (QED) is 0.579. The van der Waals surface area contributed by atoms with Gasteiger partial charge in [-0.25, -0.2) is 21.1 Å². The number of hydrogen-bond acceptors (Lipinski definition) is 5. The van der Waals surface area contributed by atoms with Crippen molar-refractivity contribution in [3.63, 3.8) is 0 Å². The number of carbonyl (C=O) groups excluding carboxylic acids is 1. The summed E-state index contributed by atoms with van der Waals surface area (Å²) in [5, 5.41) is 2.68. The molecule has 1 N–H and O–H groups in total. The monoisotopic (exact) mass is 453 g/mol. The minimum atomic E-state index is -3.54. The molecule has 0 fully saturated rings. The maximum Gasteiger partial charge on any atom is 0.242 e. The molecule has 2 rings (SSSR count). The van der Waals surface area contributed by atoms with E-state index in [1.807, 2.05) is 30.3 Å². The Morgan fingerprint density at radius 3 is 2.03 bits per heavy atom. The van der Waals surface area contributed by atoms with E-state index in [1.165, 1.54) is 26.2 Å². The van der Waals surface area contributed by atoms with Gasteiger partial charge in [-0.15, -0.1) is 0 Å². The van der Waals surface area contributed by atoms with E-state index >= 15 is 0 Å². The van der Waals surface area contributed by atoms with Crippen LogP contribution in [-0.2, 0) is 37.8 Å². The molecule has 0 unspecified atom stereocenters. The van der Waals surface area contributed by atoms with Crippen molar-refractivity contribution in [3.05, 3.63) is 65.7 Å². The molecule has 0 aliphatic rings. The Morgan fingerprint density at radius 2 is 1.50 bits per heavy atom. The first-order valence-electron chi connectivity index (χ1n) is 9.27. The lowest BCUT2D eigenvalue weighted by Crippen LogP contribution is -2.41. The Labute approximate surface area is 178 Å². The van der Waals surface area contributed by atoms with Crippen molar-refractivity contribution < 1.29 is 21.6 Å². The van der Waals surface area contributed by atoms with Gasteiger partial charge in [-0.3, -0.25) is 4.79 Å². The van der Waals surface area contributed by atoms with Crippen LogP contribution >= 0.6 is 0 Å². The van der Waals surface area contributed by atoms with Gasteiger partial charge in [-0.05, 0) is 29.7 Å². The summed E-state index contributed by atoms with van der Waals surface area (Å²) in [6, 6.07) is 15.6. The number of benzene rings is 2. The van der Waals surface area contributed by atoms with E-state index in [1.54, 1.807) is 12.1 Å². The number of amides is 1. The standard InChI is InChI=1S/C20H27N3O5S2/c1-22(2)30(27,28)19-11-9-18(10-12-19)15-21-20(24)16-23(29(3,25)26)14-13-17-7-5-4-6-8-17/h4-12H,13-16H2,1-3H3,(H,21,24). The third kappa shape index (κ3) is 6.91. The van der Waals surface area contributed by atoms with Crippen LogP contribution in [-0.4, -0.2) is 64.8 Å². The molecule has 0 heterocycles. The van der Waals surface area contributed by atoms with Crippen molar-refractivity contribution in [1.82, 2.24) is 13.9 Å². The van der Waals surface area contributed by atoms with Gasteiger partial charge >= 0.3 is 0 Å². The van der Waals surface area contributed by atoms with E-state index < -0.39 is 26.0 Å². The minimum Gasteiger partial charge on any atom is -0.351 e. The third-order valence-corrected chi connectivity index (χ3v) is 7.55. The highest BCUT2D eigenvalue weighted by Gasteiger charge is 2.20. The molecule has 0 aliphatic carbocycles. The predicted octanol–water partition coefficient (Wildman–Crippen LogP) is 1.06. The maximum atomic E-state index is 12.3. The first kappa shape index (κ1) is 24.0. The van der Waals surface area contributed by atoms with E-state index in [-0.39, 0.29) is 24.5 Å². The van der Waals surface area contributed by atoms with Crippen molar-refractivity contribution in [3.8, 4) is 0 Å². The van der Waals surface area contributed by atoms with Crippen LogP contribution in [0.2, 0.25) is 0 Å². The molecule has 8 nitrogen and oxygen atoms in total. The van der Waals surface area contributed by atoms with Gasteiger partial charge in [0, 0.05) is 27.2 Å². The summed E-state index contributed by atoms with van der Waals surface area (Å²) in [5.41, 5.74) is 1.69. The van der Waals surface area contributed by atoms with Gasteiger partial charge in [-0.2, -0.15) is 4.31 Å². The molecule has 1 amide bonds. The van der Waals surface area contributed by atoms with Crippen molar-refractivity contribution in [2.45, 2.75) is 17.9 Å². The molecular weight excluding hydrogens is 426 g/mol. The Bertz CT molecular complexity index is 1050. The average molecular weight is 454 g/mol. The summed E-state index contributed by atoms with van der Waals surface area (Å²) < 4.78 is 50.5. The van der Waals surface area contributed by atoms with Gasteiger partial charge in [0.1, 0.15) is 0 Å².